The van der Waals surface area contributed by atoms with E-state index >= 15 is 0 Å². The monoisotopic (exact) mass is 266 g/mol. The van der Waals surface area contributed by atoms with Crippen molar-refractivity contribution in [2.45, 2.75) is 64.6 Å². The molecule has 4 bridgehead atoms. The van der Waals surface area contributed by atoms with Gasteiger partial charge >= 0.3 is 11.9 Å². The number of esters is 2. The van der Waals surface area contributed by atoms with Crippen molar-refractivity contribution in [3.05, 3.63) is 0 Å². The van der Waals surface area contributed by atoms with E-state index in [0.29, 0.717) is 24.7 Å². The zero-order valence-corrected chi connectivity index (χ0v) is 11.9. The first-order chi connectivity index (χ1) is 8.78. The number of ether oxygens (including phenoxy) is 2. The first-order valence-corrected chi connectivity index (χ1v) is 7.23. The Morgan fingerprint density at radius 2 is 1.79 bits per heavy atom. The maximum atomic E-state index is 12.3. The molecule has 4 heteroatoms. The topological polar surface area (TPSA) is 52.6 Å². The molecule has 4 aliphatic rings. The van der Waals surface area contributed by atoms with Crippen LogP contribution in [0.4, 0.5) is 0 Å². The van der Waals surface area contributed by atoms with Crippen molar-refractivity contribution in [1.82, 2.24) is 0 Å². The average molecular weight is 266 g/mol. The van der Waals surface area contributed by atoms with E-state index in [4.69, 9.17) is 9.47 Å². The lowest BCUT2D eigenvalue weighted by molar-refractivity contribution is -0.190. The van der Waals surface area contributed by atoms with Crippen molar-refractivity contribution in [3.63, 3.8) is 0 Å². The molecule has 2 unspecified atom stereocenters. The van der Waals surface area contributed by atoms with Crippen LogP contribution in [0.25, 0.3) is 0 Å². The van der Waals surface area contributed by atoms with Gasteiger partial charge in [0.25, 0.3) is 0 Å². The van der Waals surface area contributed by atoms with E-state index in [9.17, 15) is 9.59 Å². The highest BCUT2D eigenvalue weighted by Gasteiger charge is 2.57. The fraction of sp³-hybridized carbons (Fsp3) is 0.867. The summed E-state index contributed by atoms with van der Waals surface area (Å²) in [4.78, 5) is 24.5. The third-order valence-electron chi connectivity index (χ3n) is 4.64. The van der Waals surface area contributed by atoms with Crippen LogP contribution in [0.15, 0.2) is 0 Å². The first-order valence-electron chi connectivity index (χ1n) is 7.23. The van der Waals surface area contributed by atoms with Crippen LogP contribution in [0.2, 0.25) is 0 Å². The molecule has 2 aliphatic heterocycles. The van der Waals surface area contributed by atoms with Gasteiger partial charge in [0.15, 0.2) is 0 Å². The van der Waals surface area contributed by atoms with Gasteiger partial charge in [-0.2, -0.15) is 0 Å². The van der Waals surface area contributed by atoms with Crippen LogP contribution in [-0.2, 0) is 19.1 Å². The van der Waals surface area contributed by atoms with Gasteiger partial charge in [-0.3, -0.25) is 4.79 Å². The molecule has 0 aromatic carbocycles. The van der Waals surface area contributed by atoms with E-state index < -0.39 is 11.0 Å². The molecule has 0 amide bonds. The number of carbonyl (C=O) groups is 2. The molecule has 0 aromatic heterocycles. The number of rotatable bonds is 1. The van der Waals surface area contributed by atoms with Gasteiger partial charge in [0.1, 0.15) is 6.10 Å². The van der Waals surface area contributed by atoms with Crippen LogP contribution in [0.1, 0.15) is 52.9 Å². The van der Waals surface area contributed by atoms with E-state index in [0.717, 1.165) is 19.3 Å². The number of hydrogen-bond acceptors (Lipinski definition) is 4. The standard InChI is InChI=1S/C15H22O4/c1-14(2,3)12(16)19-15-7-9-4-10(8-15)6-11(5-9)18-13(15)17/h9-11H,4-8H2,1-3H3. The van der Waals surface area contributed by atoms with Crippen molar-refractivity contribution in [2.75, 3.05) is 0 Å². The Kier molecular flexibility index (Phi) is 2.70. The molecular formula is C15H22O4. The van der Waals surface area contributed by atoms with Gasteiger partial charge in [-0.15, -0.1) is 0 Å². The predicted molar refractivity (Wildman–Crippen MR) is 68.2 cm³/mol. The Hall–Kier alpha value is -1.06. The summed E-state index contributed by atoms with van der Waals surface area (Å²) in [6.07, 6.45) is 4.39. The third kappa shape index (κ3) is 2.15. The highest BCUT2D eigenvalue weighted by atomic mass is 16.6. The summed E-state index contributed by atoms with van der Waals surface area (Å²) in [7, 11) is 0. The summed E-state index contributed by atoms with van der Waals surface area (Å²) in [5.74, 6) is 0.331. The van der Waals surface area contributed by atoms with Crippen molar-refractivity contribution >= 4 is 11.9 Å². The second kappa shape index (κ2) is 3.97. The molecule has 4 fully saturated rings. The average Bonchev–Trinajstić information content (AvgIpc) is 2.38. The molecule has 2 aliphatic carbocycles. The van der Waals surface area contributed by atoms with Gasteiger partial charge in [0, 0.05) is 12.8 Å². The molecule has 0 radical (unpaired) electrons. The Bertz CT molecular complexity index is 406. The highest BCUT2D eigenvalue weighted by molar-refractivity contribution is 5.85. The molecule has 2 atom stereocenters. The molecule has 0 aromatic rings. The van der Waals surface area contributed by atoms with Crippen LogP contribution in [0.5, 0.6) is 0 Å². The van der Waals surface area contributed by atoms with Gasteiger partial charge in [-0.05, 0) is 51.9 Å². The van der Waals surface area contributed by atoms with Crippen LogP contribution in [0.3, 0.4) is 0 Å². The molecule has 2 heterocycles. The number of fused-ring (bicyclic) bond motifs is 1. The largest absolute Gasteiger partial charge is 0.459 e. The molecule has 2 saturated heterocycles. The summed E-state index contributed by atoms with van der Waals surface area (Å²) < 4.78 is 11.2. The van der Waals surface area contributed by atoms with E-state index in [-0.39, 0.29) is 18.0 Å². The molecule has 0 spiro atoms. The van der Waals surface area contributed by atoms with Crippen molar-refractivity contribution in [3.8, 4) is 0 Å². The summed E-state index contributed by atoms with van der Waals surface area (Å²) in [6.45, 7) is 5.44. The summed E-state index contributed by atoms with van der Waals surface area (Å²) in [5.41, 5.74) is -1.58. The molecule has 2 saturated carbocycles. The van der Waals surface area contributed by atoms with E-state index in [1.165, 1.54) is 0 Å². The van der Waals surface area contributed by atoms with Gasteiger partial charge in [0.05, 0.1) is 5.41 Å². The second-order valence-corrected chi connectivity index (χ2v) is 7.51. The molecule has 4 rings (SSSR count). The third-order valence-corrected chi connectivity index (χ3v) is 4.64. The van der Waals surface area contributed by atoms with E-state index in [2.05, 4.69) is 0 Å². The summed E-state index contributed by atoms with van der Waals surface area (Å²) >= 11 is 0. The Morgan fingerprint density at radius 3 is 2.32 bits per heavy atom. The molecule has 106 valence electrons. The normalized spacial score (nSPS) is 40.8. The van der Waals surface area contributed by atoms with Gasteiger partial charge in [-0.25, -0.2) is 4.79 Å². The minimum atomic E-state index is -0.997. The minimum absolute atomic E-state index is 0.0500. The predicted octanol–water partition coefficient (Wildman–Crippen LogP) is 2.45. The Balaban J connectivity index is 1.88. The number of hydrogen-bond donors (Lipinski definition) is 0. The van der Waals surface area contributed by atoms with Crippen molar-refractivity contribution in [2.24, 2.45) is 17.3 Å². The highest BCUT2D eigenvalue weighted by Crippen LogP contribution is 2.50. The van der Waals surface area contributed by atoms with Crippen LogP contribution < -0.4 is 0 Å². The lowest BCUT2D eigenvalue weighted by Crippen LogP contribution is -2.49. The zero-order valence-electron chi connectivity index (χ0n) is 11.9. The van der Waals surface area contributed by atoms with Crippen molar-refractivity contribution < 1.29 is 19.1 Å². The molecule has 4 nitrogen and oxygen atoms in total. The molecule has 19 heavy (non-hydrogen) atoms. The van der Waals surface area contributed by atoms with E-state index in [1.54, 1.807) is 0 Å². The lowest BCUT2D eigenvalue weighted by atomic mass is 9.66. The lowest BCUT2D eigenvalue weighted by Gasteiger charge is -2.42. The van der Waals surface area contributed by atoms with Gasteiger partial charge in [0.2, 0.25) is 5.60 Å². The van der Waals surface area contributed by atoms with Gasteiger partial charge < -0.3 is 9.47 Å². The quantitative estimate of drug-likeness (QED) is 0.684. The number of carbonyl (C=O) groups excluding carboxylic acids is 2. The molecular weight excluding hydrogens is 244 g/mol. The maximum absolute atomic E-state index is 12.3. The van der Waals surface area contributed by atoms with Gasteiger partial charge in [-0.1, -0.05) is 0 Å². The van der Waals surface area contributed by atoms with E-state index in [1.807, 2.05) is 20.8 Å². The minimum Gasteiger partial charge on any atom is -0.459 e. The Morgan fingerprint density at radius 1 is 1.21 bits per heavy atom. The van der Waals surface area contributed by atoms with Crippen LogP contribution >= 0.6 is 0 Å². The smallest absolute Gasteiger partial charge is 0.350 e. The first kappa shape index (κ1) is 12.9. The van der Waals surface area contributed by atoms with Crippen LogP contribution in [-0.4, -0.2) is 23.6 Å². The SMILES string of the molecule is CC(C)(C)C(=O)OC12CC3CC(CC(C3)OC1=O)C2. The fourth-order valence-electron chi connectivity index (χ4n) is 3.83. The maximum Gasteiger partial charge on any atom is 0.350 e. The second-order valence-electron chi connectivity index (χ2n) is 7.51. The van der Waals surface area contributed by atoms with Crippen molar-refractivity contribution in [1.29, 1.82) is 0 Å². The Labute approximate surface area is 113 Å². The zero-order chi connectivity index (χ0) is 13.8. The molecule has 0 N–H and O–H groups in total. The summed E-state index contributed by atoms with van der Waals surface area (Å²) in [5, 5.41) is 0. The summed E-state index contributed by atoms with van der Waals surface area (Å²) in [6, 6.07) is 0. The van der Waals surface area contributed by atoms with Crippen LogP contribution in [0, 0.1) is 17.3 Å². The fourth-order valence-corrected chi connectivity index (χ4v) is 3.83.